The molecule has 0 saturated heterocycles. The van der Waals surface area contributed by atoms with Crippen LogP contribution in [0.3, 0.4) is 0 Å². The first-order chi connectivity index (χ1) is 40.0. The van der Waals surface area contributed by atoms with Gasteiger partial charge in [0.25, 0.3) is 0 Å². The van der Waals surface area contributed by atoms with Crippen LogP contribution in [-0.2, 0) is 28.6 Å². The SMILES string of the molecule is CC/C=C\C/C=C\C/C=C\C/C=C\C/C=C\C/C=C\C/C=C\C/C=C\C/C=C\CCCCCC(=O)OCC(COC(=O)CCCCCCC)OC(=O)CCCCCCCCCCCCCCCCCCCCCCCCCCCCC. The second-order valence-corrected chi connectivity index (χ2v) is 22.7. The fourth-order valence-electron chi connectivity index (χ4n) is 9.67. The van der Waals surface area contributed by atoms with Crippen molar-refractivity contribution in [2.24, 2.45) is 0 Å². The molecule has 0 aromatic heterocycles. The third kappa shape index (κ3) is 66.8. The van der Waals surface area contributed by atoms with Gasteiger partial charge in [0, 0.05) is 19.3 Å². The van der Waals surface area contributed by atoms with E-state index in [1.54, 1.807) is 0 Å². The van der Waals surface area contributed by atoms with E-state index in [0.717, 1.165) is 128 Å². The fraction of sp³-hybridized carbons (Fsp3) is 0.720. The summed E-state index contributed by atoms with van der Waals surface area (Å²) in [6.45, 7) is 6.45. The molecule has 6 nitrogen and oxygen atoms in total. The van der Waals surface area contributed by atoms with Crippen LogP contribution in [-0.4, -0.2) is 37.2 Å². The van der Waals surface area contributed by atoms with Gasteiger partial charge in [-0.2, -0.15) is 0 Å². The monoisotopic (exact) mass is 1120 g/mol. The second kappa shape index (κ2) is 68.6. The van der Waals surface area contributed by atoms with Gasteiger partial charge in [-0.05, 0) is 89.9 Å². The zero-order valence-electron chi connectivity index (χ0n) is 53.3. The van der Waals surface area contributed by atoms with Crippen molar-refractivity contribution in [3.8, 4) is 0 Å². The number of ether oxygens (including phenoxy) is 3. The maximum atomic E-state index is 12.9. The summed E-state index contributed by atoms with van der Waals surface area (Å²) >= 11 is 0. The zero-order chi connectivity index (χ0) is 58.5. The highest BCUT2D eigenvalue weighted by Gasteiger charge is 2.19. The van der Waals surface area contributed by atoms with Crippen LogP contribution in [0.4, 0.5) is 0 Å². The van der Waals surface area contributed by atoms with E-state index in [0.29, 0.717) is 19.3 Å². The number of carbonyl (C=O) groups excluding carboxylic acids is 3. The maximum absolute atomic E-state index is 12.9. The standard InChI is InChI=1S/C75H128O6/c1-4-7-10-13-15-17-19-21-23-25-27-29-31-33-35-36-37-38-40-41-43-45-47-49-51-53-55-57-59-62-65-68-74(77)80-71-72(70-79-73(76)67-64-61-12-9-6-3)81-75(78)69-66-63-60-58-56-54-52-50-48-46-44-42-39-34-32-30-28-26-24-22-20-18-16-14-11-8-5-2/h7,10,15,17,21,23,27,29,33,35,37-38,41,43,47,49,53,55,72H,4-6,8-9,11-14,16,18-20,22,24-26,28,30-32,34,36,39-40,42,44-46,48,50-52,54,56-71H2,1-3H3/b10-7-,17-15-,23-21-,29-27-,35-33-,38-37-,43-41-,49-47-,55-53-. The van der Waals surface area contributed by atoms with E-state index in [-0.39, 0.29) is 31.1 Å². The number of hydrogen-bond acceptors (Lipinski definition) is 6. The van der Waals surface area contributed by atoms with Crippen molar-refractivity contribution in [3.63, 3.8) is 0 Å². The molecule has 0 aliphatic rings. The zero-order valence-corrected chi connectivity index (χ0v) is 53.3. The number of esters is 3. The minimum Gasteiger partial charge on any atom is -0.462 e. The van der Waals surface area contributed by atoms with E-state index in [1.807, 2.05) is 0 Å². The normalized spacial score (nSPS) is 12.8. The molecule has 0 radical (unpaired) electrons. The number of hydrogen-bond donors (Lipinski definition) is 0. The first kappa shape index (κ1) is 77.1. The summed E-state index contributed by atoms with van der Waals surface area (Å²) in [6.07, 6.45) is 94.6. The Morgan fingerprint density at radius 1 is 0.259 bits per heavy atom. The summed E-state index contributed by atoms with van der Waals surface area (Å²) in [5.74, 6) is -0.926. The third-order valence-electron chi connectivity index (χ3n) is 14.8. The van der Waals surface area contributed by atoms with Gasteiger partial charge in [0.2, 0.25) is 0 Å². The smallest absolute Gasteiger partial charge is 0.306 e. The summed E-state index contributed by atoms with van der Waals surface area (Å²) in [7, 11) is 0. The van der Waals surface area contributed by atoms with E-state index >= 15 is 0 Å². The Balaban J connectivity index is 4.08. The van der Waals surface area contributed by atoms with Crippen LogP contribution in [0.15, 0.2) is 109 Å². The van der Waals surface area contributed by atoms with Gasteiger partial charge in [-0.1, -0.05) is 329 Å². The topological polar surface area (TPSA) is 78.9 Å². The largest absolute Gasteiger partial charge is 0.462 e. The van der Waals surface area contributed by atoms with Gasteiger partial charge in [0.1, 0.15) is 13.2 Å². The van der Waals surface area contributed by atoms with Crippen molar-refractivity contribution in [1.29, 1.82) is 0 Å². The Kier molecular flexibility index (Phi) is 65.2. The lowest BCUT2D eigenvalue weighted by atomic mass is 10.0. The molecule has 0 bridgehead atoms. The Morgan fingerprint density at radius 3 is 0.753 bits per heavy atom. The molecule has 0 aromatic rings. The molecule has 0 aromatic carbocycles. The molecule has 0 saturated carbocycles. The Morgan fingerprint density at radius 2 is 0.481 bits per heavy atom. The molecule has 81 heavy (non-hydrogen) atoms. The predicted molar refractivity (Wildman–Crippen MR) is 353 cm³/mol. The molecule has 0 fully saturated rings. The summed E-state index contributed by atoms with van der Waals surface area (Å²) in [6, 6.07) is 0. The number of unbranched alkanes of at least 4 members (excludes halogenated alkanes) is 33. The van der Waals surface area contributed by atoms with Gasteiger partial charge < -0.3 is 14.2 Å². The van der Waals surface area contributed by atoms with Gasteiger partial charge in [0.05, 0.1) is 0 Å². The maximum Gasteiger partial charge on any atom is 0.306 e. The molecule has 0 rings (SSSR count). The van der Waals surface area contributed by atoms with Gasteiger partial charge >= 0.3 is 17.9 Å². The molecule has 464 valence electrons. The average Bonchev–Trinajstić information content (AvgIpc) is 3.47. The summed E-state index contributed by atoms with van der Waals surface area (Å²) < 4.78 is 16.8. The highest BCUT2D eigenvalue weighted by molar-refractivity contribution is 5.71. The molecular weight excluding hydrogens is 997 g/mol. The van der Waals surface area contributed by atoms with Crippen molar-refractivity contribution in [1.82, 2.24) is 0 Å². The van der Waals surface area contributed by atoms with Gasteiger partial charge in [0.15, 0.2) is 6.10 Å². The minimum absolute atomic E-state index is 0.0877. The highest BCUT2D eigenvalue weighted by Crippen LogP contribution is 2.17. The molecule has 0 spiro atoms. The number of carbonyl (C=O) groups is 3. The number of allylic oxidation sites excluding steroid dienone is 18. The van der Waals surface area contributed by atoms with E-state index in [9.17, 15) is 14.4 Å². The van der Waals surface area contributed by atoms with Crippen molar-refractivity contribution >= 4 is 17.9 Å². The Labute approximate surface area is 501 Å². The minimum atomic E-state index is -0.789. The first-order valence-corrected chi connectivity index (χ1v) is 34.4. The van der Waals surface area contributed by atoms with Crippen molar-refractivity contribution in [3.05, 3.63) is 109 Å². The van der Waals surface area contributed by atoms with Crippen LogP contribution in [0, 0.1) is 0 Å². The van der Waals surface area contributed by atoms with Crippen molar-refractivity contribution in [2.75, 3.05) is 13.2 Å². The molecule has 0 amide bonds. The molecule has 1 atom stereocenters. The molecule has 6 heteroatoms. The van der Waals surface area contributed by atoms with Crippen LogP contribution in [0.25, 0.3) is 0 Å². The van der Waals surface area contributed by atoms with Crippen LogP contribution in [0.5, 0.6) is 0 Å². The summed E-state index contributed by atoms with van der Waals surface area (Å²) in [4.78, 5) is 38.0. The highest BCUT2D eigenvalue weighted by atomic mass is 16.6. The van der Waals surface area contributed by atoms with Crippen molar-refractivity contribution < 1.29 is 28.6 Å². The van der Waals surface area contributed by atoms with Gasteiger partial charge in [-0.15, -0.1) is 0 Å². The van der Waals surface area contributed by atoms with Gasteiger partial charge in [-0.3, -0.25) is 14.4 Å². The molecule has 0 aliphatic carbocycles. The lowest BCUT2D eigenvalue weighted by Crippen LogP contribution is -2.30. The van der Waals surface area contributed by atoms with E-state index in [4.69, 9.17) is 14.2 Å². The lowest BCUT2D eigenvalue weighted by molar-refractivity contribution is -0.167. The van der Waals surface area contributed by atoms with E-state index < -0.39 is 6.10 Å². The molecule has 0 aliphatic heterocycles. The molecule has 0 N–H and O–H groups in total. The quantitative estimate of drug-likeness (QED) is 0.0261. The van der Waals surface area contributed by atoms with Crippen LogP contribution >= 0.6 is 0 Å². The average molecular weight is 1130 g/mol. The molecule has 0 heterocycles. The van der Waals surface area contributed by atoms with Crippen LogP contribution < -0.4 is 0 Å². The third-order valence-corrected chi connectivity index (χ3v) is 14.8. The molecular formula is C75H128O6. The predicted octanol–water partition coefficient (Wildman–Crippen LogP) is 23.8. The Hall–Kier alpha value is -3.93. The molecule has 1 unspecified atom stereocenters. The lowest BCUT2D eigenvalue weighted by Gasteiger charge is -2.18. The van der Waals surface area contributed by atoms with Crippen molar-refractivity contribution in [2.45, 2.75) is 335 Å². The second-order valence-electron chi connectivity index (χ2n) is 22.7. The summed E-state index contributed by atoms with van der Waals surface area (Å²) in [5.41, 5.74) is 0. The van der Waals surface area contributed by atoms with E-state index in [2.05, 4.69) is 130 Å². The van der Waals surface area contributed by atoms with E-state index in [1.165, 1.54) is 161 Å². The first-order valence-electron chi connectivity index (χ1n) is 34.4. The Bertz CT molecular complexity index is 1620. The van der Waals surface area contributed by atoms with Gasteiger partial charge in [-0.25, -0.2) is 0 Å². The van der Waals surface area contributed by atoms with Crippen LogP contribution in [0.1, 0.15) is 329 Å². The number of rotatable bonds is 62. The van der Waals surface area contributed by atoms with Crippen LogP contribution in [0.2, 0.25) is 0 Å². The summed E-state index contributed by atoms with van der Waals surface area (Å²) in [5, 5.41) is 0. The fourth-order valence-corrected chi connectivity index (χ4v) is 9.67.